The number of nitrogens with one attached hydrogen (secondary N) is 1. The van der Waals surface area contributed by atoms with E-state index in [9.17, 15) is 9.59 Å². The fourth-order valence-corrected chi connectivity index (χ4v) is 3.17. The fourth-order valence-electron chi connectivity index (χ4n) is 2.81. The number of benzene rings is 2. The standard InChI is InChI=1S/C20H21BrN2O4/c1-14(24)15-2-5-17(6-3-15)27-13-20(25)22-18-12-16(21)4-7-19(18)23-8-10-26-11-9-23/h2-7,12H,8-11,13H2,1H3,(H,22,25). The first-order valence-corrected chi connectivity index (χ1v) is 9.48. The van der Waals surface area contributed by atoms with Gasteiger partial charge in [0.2, 0.25) is 0 Å². The van der Waals surface area contributed by atoms with Crippen LogP contribution in [0.2, 0.25) is 0 Å². The van der Waals surface area contributed by atoms with Crippen molar-refractivity contribution in [1.29, 1.82) is 0 Å². The molecule has 2 aromatic carbocycles. The number of ether oxygens (including phenoxy) is 2. The van der Waals surface area contributed by atoms with Gasteiger partial charge in [0.15, 0.2) is 12.4 Å². The van der Waals surface area contributed by atoms with Gasteiger partial charge in [0.1, 0.15) is 5.75 Å². The average Bonchev–Trinajstić information content (AvgIpc) is 2.67. The quantitative estimate of drug-likeness (QED) is 0.707. The summed E-state index contributed by atoms with van der Waals surface area (Å²) < 4.78 is 11.8. The molecule has 2 aromatic rings. The lowest BCUT2D eigenvalue weighted by Crippen LogP contribution is -2.37. The molecule has 0 bridgehead atoms. The van der Waals surface area contributed by atoms with Crippen LogP contribution in [-0.2, 0) is 9.53 Å². The van der Waals surface area contributed by atoms with Crippen LogP contribution in [0.5, 0.6) is 5.75 Å². The van der Waals surface area contributed by atoms with Gasteiger partial charge in [0.25, 0.3) is 5.91 Å². The molecule has 1 fully saturated rings. The summed E-state index contributed by atoms with van der Waals surface area (Å²) in [7, 11) is 0. The van der Waals surface area contributed by atoms with E-state index in [0.29, 0.717) is 24.5 Å². The van der Waals surface area contributed by atoms with Gasteiger partial charge in [-0.2, -0.15) is 0 Å². The van der Waals surface area contributed by atoms with Crippen LogP contribution >= 0.6 is 15.9 Å². The third kappa shape index (κ3) is 5.30. The van der Waals surface area contributed by atoms with Crippen molar-refractivity contribution in [3.8, 4) is 5.75 Å². The van der Waals surface area contributed by atoms with Crippen LogP contribution in [-0.4, -0.2) is 44.6 Å². The molecule has 0 unspecified atom stereocenters. The predicted molar refractivity (Wildman–Crippen MR) is 108 cm³/mol. The number of Topliss-reactive ketones (excluding diaryl/α,β-unsaturated/α-hetero) is 1. The molecule has 0 saturated carbocycles. The lowest BCUT2D eigenvalue weighted by molar-refractivity contribution is -0.118. The van der Waals surface area contributed by atoms with Crippen LogP contribution in [0.3, 0.4) is 0 Å². The molecule has 0 aliphatic carbocycles. The van der Waals surface area contributed by atoms with Gasteiger partial charge in [-0.3, -0.25) is 9.59 Å². The van der Waals surface area contributed by atoms with Gasteiger partial charge in [-0.05, 0) is 49.4 Å². The summed E-state index contributed by atoms with van der Waals surface area (Å²) in [5, 5.41) is 2.92. The van der Waals surface area contributed by atoms with Crippen molar-refractivity contribution in [1.82, 2.24) is 0 Å². The zero-order valence-corrected chi connectivity index (χ0v) is 16.6. The van der Waals surface area contributed by atoms with Crippen molar-refractivity contribution in [2.45, 2.75) is 6.92 Å². The molecule has 1 aliphatic rings. The summed E-state index contributed by atoms with van der Waals surface area (Å²) in [4.78, 5) is 25.8. The van der Waals surface area contributed by atoms with E-state index in [1.807, 2.05) is 18.2 Å². The Balaban J connectivity index is 1.63. The molecule has 7 heteroatoms. The zero-order chi connectivity index (χ0) is 19.2. The highest BCUT2D eigenvalue weighted by Gasteiger charge is 2.16. The molecule has 27 heavy (non-hydrogen) atoms. The molecule has 0 spiro atoms. The molecule has 1 N–H and O–H groups in total. The number of anilines is 2. The molecular weight excluding hydrogens is 412 g/mol. The summed E-state index contributed by atoms with van der Waals surface area (Å²) in [5.41, 5.74) is 2.29. The van der Waals surface area contributed by atoms with Crippen LogP contribution in [0.1, 0.15) is 17.3 Å². The Morgan fingerprint density at radius 1 is 1.15 bits per heavy atom. The van der Waals surface area contributed by atoms with E-state index in [4.69, 9.17) is 9.47 Å². The van der Waals surface area contributed by atoms with E-state index >= 15 is 0 Å². The first kappa shape index (κ1) is 19.4. The van der Waals surface area contributed by atoms with E-state index < -0.39 is 0 Å². The largest absolute Gasteiger partial charge is 0.484 e. The molecule has 6 nitrogen and oxygen atoms in total. The van der Waals surface area contributed by atoms with Crippen LogP contribution in [0, 0.1) is 0 Å². The third-order valence-corrected chi connectivity index (χ3v) is 4.71. The number of ketones is 1. The van der Waals surface area contributed by atoms with Gasteiger partial charge >= 0.3 is 0 Å². The minimum Gasteiger partial charge on any atom is -0.484 e. The molecule has 3 rings (SSSR count). The molecule has 1 amide bonds. The van der Waals surface area contributed by atoms with Gasteiger partial charge in [0.05, 0.1) is 24.6 Å². The number of carbonyl (C=O) groups is 2. The number of halogens is 1. The van der Waals surface area contributed by atoms with E-state index in [-0.39, 0.29) is 18.3 Å². The number of morpholine rings is 1. The highest BCUT2D eigenvalue weighted by Crippen LogP contribution is 2.30. The molecule has 142 valence electrons. The van der Waals surface area contributed by atoms with Crippen molar-refractivity contribution < 1.29 is 19.1 Å². The number of carbonyl (C=O) groups excluding carboxylic acids is 2. The summed E-state index contributed by atoms with van der Waals surface area (Å²) in [5.74, 6) is 0.278. The Hall–Kier alpha value is -2.38. The van der Waals surface area contributed by atoms with E-state index in [1.54, 1.807) is 24.3 Å². The highest BCUT2D eigenvalue weighted by molar-refractivity contribution is 9.10. The number of rotatable bonds is 6. The number of hydrogen-bond donors (Lipinski definition) is 1. The summed E-state index contributed by atoms with van der Waals surface area (Å²) in [6.07, 6.45) is 0. The van der Waals surface area contributed by atoms with E-state index in [0.717, 1.165) is 28.9 Å². The molecular formula is C20H21BrN2O4. The Bertz CT molecular complexity index is 817. The van der Waals surface area contributed by atoms with Crippen LogP contribution in [0.4, 0.5) is 11.4 Å². The second-order valence-corrected chi connectivity index (χ2v) is 7.09. The average molecular weight is 433 g/mol. The summed E-state index contributed by atoms with van der Waals surface area (Å²) in [6.45, 7) is 4.29. The van der Waals surface area contributed by atoms with Crippen molar-refractivity contribution in [3.05, 3.63) is 52.5 Å². The number of hydrogen-bond acceptors (Lipinski definition) is 5. The Morgan fingerprint density at radius 2 is 1.85 bits per heavy atom. The molecule has 0 aromatic heterocycles. The maximum absolute atomic E-state index is 12.4. The van der Waals surface area contributed by atoms with Gasteiger partial charge in [0, 0.05) is 23.1 Å². The van der Waals surface area contributed by atoms with Crippen LogP contribution < -0.4 is 15.0 Å². The van der Waals surface area contributed by atoms with Gasteiger partial charge in [-0.25, -0.2) is 0 Å². The second kappa shape index (κ2) is 9.01. The van der Waals surface area contributed by atoms with E-state index in [2.05, 4.69) is 26.1 Å². The molecule has 1 saturated heterocycles. The van der Waals surface area contributed by atoms with Gasteiger partial charge in [-0.15, -0.1) is 0 Å². The Morgan fingerprint density at radius 3 is 2.52 bits per heavy atom. The van der Waals surface area contributed by atoms with Crippen molar-refractivity contribution in [2.75, 3.05) is 43.1 Å². The second-order valence-electron chi connectivity index (χ2n) is 6.18. The van der Waals surface area contributed by atoms with E-state index in [1.165, 1.54) is 6.92 Å². The lowest BCUT2D eigenvalue weighted by atomic mass is 10.1. The minimum atomic E-state index is -0.252. The van der Waals surface area contributed by atoms with Crippen LogP contribution in [0.25, 0.3) is 0 Å². The topological polar surface area (TPSA) is 67.9 Å². The van der Waals surface area contributed by atoms with Gasteiger partial charge in [-0.1, -0.05) is 15.9 Å². The van der Waals surface area contributed by atoms with Gasteiger partial charge < -0.3 is 19.7 Å². The molecule has 0 atom stereocenters. The maximum Gasteiger partial charge on any atom is 0.262 e. The van der Waals surface area contributed by atoms with Crippen molar-refractivity contribution in [3.63, 3.8) is 0 Å². The third-order valence-electron chi connectivity index (χ3n) is 4.22. The Kier molecular flexibility index (Phi) is 6.47. The predicted octanol–water partition coefficient (Wildman–Crippen LogP) is 3.51. The zero-order valence-electron chi connectivity index (χ0n) is 15.0. The lowest BCUT2D eigenvalue weighted by Gasteiger charge is -2.30. The molecule has 1 heterocycles. The first-order valence-electron chi connectivity index (χ1n) is 8.69. The monoisotopic (exact) mass is 432 g/mol. The SMILES string of the molecule is CC(=O)c1ccc(OCC(=O)Nc2cc(Br)ccc2N2CCOCC2)cc1. The molecule has 1 aliphatic heterocycles. The highest BCUT2D eigenvalue weighted by atomic mass is 79.9. The molecule has 0 radical (unpaired) electrons. The Labute approximate surface area is 166 Å². The normalized spacial score (nSPS) is 13.9. The minimum absolute atomic E-state index is 0.00964. The van der Waals surface area contributed by atoms with Crippen molar-refractivity contribution in [2.24, 2.45) is 0 Å². The van der Waals surface area contributed by atoms with Crippen molar-refractivity contribution >= 4 is 39.0 Å². The number of amides is 1. The number of nitrogens with zero attached hydrogens (tertiary/aromatic N) is 1. The first-order chi connectivity index (χ1) is 13.0. The summed E-state index contributed by atoms with van der Waals surface area (Å²) in [6, 6.07) is 12.5. The fraction of sp³-hybridized carbons (Fsp3) is 0.300. The van der Waals surface area contributed by atoms with Crippen LogP contribution in [0.15, 0.2) is 46.9 Å². The maximum atomic E-state index is 12.4. The summed E-state index contributed by atoms with van der Waals surface area (Å²) >= 11 is 3.45. The smallest absolute Gasteiger partial charge is 0.262 e.